The van der Waals surface area contributed by atoms with Crippen molar-refractivity contribution < 1.29 is 9.53 Å². The number of hydrogen-bond acceptors (Lipinski definition) is 2. The third-order valence-electron chi connectivity index (χ3n) is 2.48. The quantitative estimate of drug-likeness (QED) is 0.544. The van der Waals surface area contributed by atoms with Crippen LogP contribution >= 0.6 is 0 Å². The minimum Gasteiger partial charge on any atom is -0.498 e. The van der Waals surface area contributed by atoms with Gasteiger partial charge in [0, 0.05) is 18.1 Å². The predicted octanol–water partition coefficient (Wildman–Crippen LogP) is 2.87. The Morgan fingerprint density at radius 1 is 1.33 bits per heavy atom. The van der Waals surface area contributed by atoms with Crippen LogP contribution in [0.2, 0.25) is 0 Å². The van der Waals surface area contributed by atoms with Gasteiger partial charge in [-0.05, 0) is 13.3 Å². The zero-order valence-corrected chi connectivity index (χ0v) is 8.82. The van der Waals surface area contributed by atoms with E-state index in [0.717, 1.165) is 36.3 Å². The molecule has 2 rings (SSSR count). The van der Waals surface area contributed by atoms with Crippen LogP contribution in [-0.4, -0.2) is 12.4 Å². The molecule has 0 aromatic heterocycles. The maximum Gasteiger partial charge on any atom is 0.189 e. The SMILES string of the molecule is Cc1ccc(C(=O)/C=C2/CCCO2)cc1. The van der Waals surface area contributed by atoms with Gasteiger partial charge in [-0.2, -0.15) is 0 Å². The standard InChI is InChI=1S/C13H14O2/c1-10-4-6-11(7-5-10)13(14)9-12-3-2-8-15-12/h4-7,9H,2-3,8H2,1H3/b12-9-. The molecule has 0 radical (unpaired) electrons. The summed E-state index contributed by atoms with van der Waals surface area (Å²) in [6.45, 7) is 2.75. The van der Waals surface area contributed by atoms with E-state index in [4.69, 9.17) is 4.74 Å². The number of ether oxygens (including phenoxy) is 1. The molecule has 1 aliphatic rings. The van der Waals surface area contributed by atoms with E-state index in [1.54, 1.807) is 6.08 Å². The number of allylic oxidation sites excluding steroid dienone is 2. The van der Waals surface area contributed by atoms with E-state index in [1.807, 2.05) is 31.2 Å². The monoisotopic (exact) mass is 202 g/mol. The molecule has 0 spiro atoms. The zero-order chi connectivity index (χ0) is 10.7. The summed E-state index contributed by atoms with van der Waals surface area (Å²) in [5.74, 6) is 0.854. The lowest BCUT2D eigenvalue weighted by Gasteiger charge is -1.99. The van der Waals surface area contributed by atoms with Crippen LogP contribution in [0.15, 0.2) is 36.1 Å². The topological polar surface area (TPSA) is 26.3 Å². The molecule has 0 atom stereocenters. The Morgan fingerprint density at radius 3 is 2.67 bits per heavy atom. The van der Waals surface area contributed by atoms with Crippen LogP contribution in [-0.2, 0) is 4.74 Å². The first kappa shape index (κ1) is 9.97. The highest BCUT2D eigenvalue weighted by Gasteiger charge is 2.10. The van der Waals surface area contributed by atoms with Crippen molar-refractivity contribution >= 4 is 5.78 Å². The van der Waals surface area contributed by atoms with Gasteiger partial charge in [-0.3, -0.25) is 4.79 Å². The minimum absolute atomic E-state index is 0.0342. The fourth-order valence-electron chi connectivity index (χ4n) is 1.58. The van der Waals surface area contributed by atoms with Gasteiger partial charge in [0.05, 0.1) is 12.4 Å². The molecule has 2 nitrogen and oxygen atoms in total. The molecule has 1 aliphatic heterocycles. The third kappa shape index (κ3) is 2.46. The van der Waals surface area contributed by atoms with Crippen molar-refractivity contribution in [3.63, 3.8) is 0 Å². The molecule has 1 fully saturated rings. The van der Waals surface area contributed by atoms with Gasteiger partial charge in [0.25, 0.3) is 0 Å². The zero-order valence-electron chi connectivity index (χ0n) is 8.82. The number of benzene rings is 1. The Morgan fingerprint density at radius 2 is 2.07 bits per heavy atom. The first-order valence-electron chi connectivity index (χ1n) is 5.20. The Hall–Kier alpha value is -1.57. The number of aryl methyl sites for hydroxylation is 1. The molecule has 0 bridgehead atoms. The van der Waals surface area contributed by atoms with Crippen LogP contribution in [0.25, 0.3) is 0 Å². The van der Waals surface area contributed by atoms with Gasteiger partial charge in [-0.15, -0.1) is 0 Å². The maximum absolute atomic E-state index is 11.8. The van der Waals surface area contributed by atoms with Crippen molar-refractivity contribution in [3.05, 3.63) is 47.2 Å². The molecule has 1 heterocycles. The minimum atomic E-state index is 0.0342. The first-order chi connectivity index (χ1) is 7.25. The van der Waals surface area contributed by atoms with Crippen LogP contribution < -0.4 is 0 Å². The molecule has 1 aromatic carbocycles. The van der Waals surface area contributed by atoms with E-state index in [2.05, 4.69) is 0 Å². The van der Waals surface area contributed by atoms with Crippen LogP contribution in [0.1, 0.15) is 28.8 Å². The van der Waals surface area contributed by atoms with Gasteiger partial charge >= 0.3 is 0 Å². The smallest absolute Gasteiger partial charge is 0.189 e. The largest absolute Gasteiger partial charge is 0.498 e. The lowest BCUT2D eigenvalue weighted by Crippen LogP contribution is -1.96. The van der Waals surface area contributed by atoms with Crippen molar-refractivity contribution in [3.8, 4) is 0 Å². The summed E-state index contributed by atoms with van der Waals surface area (Å²) < 4.78 is 5.31. The second-order valence-electron chi connectivity index (χ2n) is 3.79. The molecule has 78 valence electrons. The number of carbonyl (C=O) groups excluding carboxylic acids is 1. The van der Waals surface area contributed by atoms with Gasteiger partial charge in [-0.25, -0.2) is 0 Å². The Balaban J connectivity index is 2.14. The Labute approximate surface area is 89.6 Å². The van der Waals surface area contributed by atoms with E-state index >= 15 is 0 Å². The van der Waals surface area contributed by atoms with Gasteiger partial charge in [-0.1, -0.05) is 29.8 Å². The van der Waals surface area contributed by atoms with Crippen molar-refractivity contribution in [2.45, 2.75) is 19.8 Å². The summed E-state index contributed by atoms with van der Waals surface area (Å²) in [5.41, 5.74) is 1.89. The maximum atomic E-state index is 11.8. The van der Waals surface area contributed by atoms with Crippen LogP contribution in [0.4, 0.5) is 0 Å². The molecule has 2 heteroatoms. The highest BCUT2D eigenvalue weighted by molar-refractivity contribution is 6.04. The third-order valence-corrected chi connectivity index (χ3v) is 2.48. The van der Waals surface area contributed by atoms with Crippen LogP contribution in [0, 0.1) is 6.92 Å². The molecular weight excluding hydrogens is 188 g/mol. The van der Waals surface area contributed by atoms with Gasteiger partial charge in [0.15, 0.2) is 5.78 Å². The molecule has 0 N–H and O–H groups in total. The van der Waals surface area contributed by atoms with E-state index in [0.29, 0.717) is 0 Å². The second-order valence-corrected chi connectivity index (χ2v) is 3.79. The van der Waals surface area contributed by atoms with Crippen molar-refractivity contribution in [1.29, 1.82) is 0 Å². The normalized spacial score (nSPS) is 17.8. The molecule has 15 heavy (non-hydrogen) atoms. The summed E-state index contributed by atoms with van der Waals surface area (Å²) in [6.07, 6.45) is 3.52. The Bertz CT molecular complexity index is 380. The average molecular weight is 202 g/mol. The number of ketones is 1. The predicted molar refractivity (Wildman–Crippen MR) is 58.8 cm³/mol. The number of carbonyl (C=O) groups is 1. The molecular formula is C13H14O2. The highest BCUT2D eigenvalue weighted by atomic mass is 16.5. The first-order valence-corrected chi connectivity index (χ1v) is 5.20. The van der Waals surface area contributed by atoms with Gasteiger partial charge in [0.2, 0.25) is 0 Å². The summed E-state index contributed by atoms with van der Waals surface area (Å²) in [5, 5.41) is 0. The number of hydrogen-bond donors (Lipinski definition) is 0. The lowest BCUT2D eigenvalue weighted by atomic mass is 10.1. The van der Waals surface area contributed by atoms with Crippen molar-refractivity contribution in [1.82, 2.24) is 0 Å². The fourth-order valence-corrected chi connectivity index (χ4v) is 1.58. The second kappa shape index (κ2) is 4.30. The van der Waals surface area contributed by atoms with Gasteiger partial charge < -0.3 is 4.74 Å². The molecule has 1 aromatic rings. The molecule has 0 unspecified atom stereocenters. The van der Waals surface area contributed by atoms with Crippen molar-refractivity contribution in [2.75, 3.05) is 6.61 Å². The van der Waals surface area contributed by atoms with Crippen molar-refractivity contribution in [2.24, 2.45) is 0 Å². The summed E-state index contributed by atoms with van der Waals surface area (Å²) in [7, 11) is 0. The van der Waals surface area contributed by atoms with E-state index in [1.165, 1.54) is 0 Å². The fraction of sp³-hybridized carbons (Fsp3) is 0.308. The van der Waals surface area contributed by atoms with E-state index in [-0.39, 0.29) is 5.78 Å². The van der Waals surface area contributed by atoms with E-state index in [9.17, 15) is 4.79 Å². The summed E-state index contributed by atoms with van der Waals surface area (Å²) in [6, 6.07) is 7.59. The number of rotatable bonds is 2. The molecule has 0 saturated carbocycles. The van der Waals surface area contributed by atoms with Gasteiger partial charge in [0.1, 0.15) is 0 Å². The molecule has 0 amide bonds. The summed E-state index contributed by atoms with van der Waals surface area (Å²) in [4.78, 5) is 11.8. The average Bonchev–Trinajstić information content (AvgIpc) is 2.71. The lowest BCUT2D eigenvalue weighted by molar-refractivity contribution is 0.104. The Kier molecular flexibility index (Phi) is 2.86. The van der Waals surface area contributed by atoms with E-state index < -0.39 is 0 Å². The molecule has 1 saturated heterocycles. The van der Waals surface area contributed by atoms with Crippen LogP contribution in [0.5, 0.6) is 0 Å². The molecule has 0 aliphatic carbocycles. The highest BCUT2D eigenvalue weighted by Crippen LogP contribution is 2.17. The van der Waals surface area contributed by atoms with Crippen LogP contribution in [0.3, 0.4) is 0 Å². The summed E-state index contributed by atoms with van der Waals surface area (Å²) >= 11 is 0.